The van der Waals surface area contributed by atoms with Crippen LogP contribution in [0.3, 0.4) is 0 Å². The average Bonchev–Trinajstić information content (AvgIpc) is 2.89. The molecule has 0 radical (unpaired) electrons. The van der Waals surface area contributed by atoms with Gasteiger partial charge in [-0.1, -0.05) is 6.92 Å². The molecule has 1 unspecified atom stereocenters. The molecular weight excluding hydrogens is 250 g/mol. The van der Waals surface area contributed by atoms with Crippen molar-refractivity contribution < 1.29 is 0 Å². The minimum absolute atomic E-state index is 0.176. The number of aromatic nitrogens is 3. The van der Waals surface area contributed by atoms with Gasteiger partial charge in [-0.3, -0.25) is 0 Å². The molecule has 6 N–H and O–H groups in total. The van der Waals surface area contributed by atoms with Gasteiger partial charge in [0, 0.05) is 30.1 Å². The average molecular weight is 265 g/mol. The summed E-state index contributed by atoms with van der Waals surface area (Å²) < 4.78 is 0. The zero-order valence-corrected chi connectivity index (χ0v) is 10.7. The van der Waals surface area contributed by atoms with Crippen molar-refractivity contribution in [3.05, 3.63) is 22.7 Å². The number of hydrogen-bond acceptors (Lipinski definition) is 8. The number of nitrogens with one attached hydrogen (secondary N) is 2. The number of anilines is 3. The fraction of sp³-hybridized carbons (Fsp3) is 0.300. The summed E-state index contributed by atoms with van der Waals surface area (Å²) in [4.78, 5) is 12.3. The van der Waals surface area contributed by atoms with E-state index >= 15 is 0 Å². The minimum Gasteiger partial charge on any atom is -0.369 e. The van der Waals surface area contributed by atoms with Crippen molar-refractivity contribution in [3.63, 3.8) is 0 Å². The Bertz CT molecular complexity index is 499. The molecule has 8 heteroatoms. The van der Waals surface area contributed by atoms with E-state index in [1.807, 2.05) is 5.38 Å². The molecule has 0 aliphatic rings. The number of thiazole rings is 1. The third-order valence-electron chi connectivity index (χ3n) is 2.35. The molecule has 96 valence electrons. The second-order valence-electron chi connectivity index (χ2n) is 3.79. The quantitative estimate of drug-likeness (QED) is 0.471. The first-order chi connectivity index (χ1) is 8.69. The molecule has 7 nitrogen and oxygen atoms in total. The van der Waals surface area contributed by atoms with Gasteiger partial charge in [0.05, 0.1) is 5.01 Å². The number of nitrogens with two attached hydrogens (primary N) is 2. The van der Waals surface area contributed by atoms with Crippen molar-refractivity contribution in [1.29, 1.82) is 0 Å². The maximum absolute atomic E-state index is 5.57. The van der Waals surface area contributed by atoms with E-state index in [4.69, 9.17) is 11.6 Å². The summed E-state index contributed by atoms with van der Waals surface area (Å²) in [7, 11) is 0. The molecule has 0 aliphatic carbocycles. The Morgan fingerprint density at radius 2 is 2.17 bits per heavy atom. The number of nitrogen functional groups attached to an aromatic ring is 2. The maximum atomic E-state index is 5.57. The molecule has 0 saturated heterocycles. The second kappa shape index (κ2) is 5.61. The van der Waals surface area contributed by atoms with E-state index < -0.39 is 0 Å². The summed E-state index contributed by atoms with van der Waals surface area (Å²) in [5.74, 6) is 6.88. The van der Waals surface area contributed by atoms with E-state index in [2.05, 4.69) is 32.6 Å². The lowest BCUT2D eigenvalue weighted by Crippen LogP contribution is -2.14. The normalized spacial score (nSPS) is 12.1. The fourth-order valence-electron chi connectivity index (χ4n) is 1.45. The van der Waals surface area contributed by atoms with Crippen LogP contribution in [0.4, 0.5) is 17.6 Å². The fourth-order valence-corrected chi connectivity index (χ4v) is 2.15. The van der Waals surface area contributed by atoms with Crippen LogP contribution < -0.4 is 22.3 Å². The van der Waals surface area contributed by atoms with E-state index in [1.54, 1.807) is 23.6 Å². The monoisotopic (exact) mass is 265 g/mol. The topological polar surface area (TPSA) is 115 Å². The van der Waals surface area contributed by atoms with Gasteiger partial charge < -0.3 is 16.5 Å². The van der Waals surface area contributed by atoms with Crippen LogP contribution in [0, 0.1) is 0 Å². The lowest BCUT2D eigenvalue weighted by atomic mass is 10.2. The van der Waals surface area contributed by atoms with Crippen molar-refractivity contribution in [2.75, 3.05) is 23.0 Å². The molecule has 0 spiro atoms. The lowest BCUT2D eigenvalue weighted by Gasteiger charge is -2.11. The molecule has 0 bridgehead atoms. The number of rotatable bonds is 5. The van der Waals surface area contributed by atoms with Gasteiger partial charge in [0.25, 0.3) is 0 Å². The highest BCUT2D eigenvalue weighted by atomic mass is 32.1. The number of hydrazine groups is 1. The van der Waals surface area contributed by atoms with E-state index in [9.17, 15) is 0 Å². The number of hydrogen-bond donors (Lipinski definition) is 4. The van der Waals surface area contributed by atoms with Crippen LogP contribution >= 0.6 is 11.3 Å². The molecule has 1 atom stereocenters. The van der Waals surface area contributed by atoms with Crippen molar-refractivity contribution in [2.45, 2.75) is 12.8 Å². The molecule has 0 aromatic carbocycles. The molecule has 2 aromatic heterocycles. The highest BCUT2D eigenvalue weighted by molar-refractivity contribution is 7.09. The highest BCUT2D eigenvalue weighted by Gasteiger charge is 2.08. The van der Waals surface area contributed by atoms with Crippen LogP contribution in [0.5, 0.6) is 0 Å². The Hall–Kier alpha value is -1.93. The van der Waals surface area contributed by atoms with Gasteiger partial charge in [-0.25, -0.2) is 10.8 Å². The summed E-state index contributed by atoms with van der Waals surface area (Å²) in [6.07, 6.45) is 1.80. The van der Waals surface area contributed by atoms with Crippen LogP contribution in [-0.4, -0.2) is 21.5 Å². The van der Waals surface area contributed by atoms with Crippen molar-refractivity contribution in [1.82, 2.24) is 15.0 Å². The molecule has 2 rings (SSSR count). The van der Waals surface area contributed by atoms with Gasteiger partial charge in [0.2, 0.25) is 5.95 Å². The van der Waals surface area contributed by atoms with Crippen molar-refractivity contribution >= 4 is 28.9 Å². The maximum Gasteiger partial charge on any atom is 0.223 e. The largest absolute Gasteiger partial charge is 0.369 e. The summed E-state index contributed by atoms with van der Waals surface area (Å²) in [6, 6.07) is 1.70. The molecule has 2 heterocycles. The third-order valence-corrected chi connectivity index (χ3v) is 3.36. The first kappa shape index (κ1) is 12.5. The first-order valence-electron chi connectivity index (χ1n) is 5.43. The Kier molecular flexibility index (Phi) is 3.90. The first-order valence-corrected chi connectivity index (χ1v) is 6.31. The molecule has 0 fully saturated rings. The predicted octanol–water partition coefficient (Wildman–Crippen LogP) is 1.02. The van der Waals surface area contributed by atoms with Crippen LogP contribution in [-0.2, 0) is 0 Å². The van der Waals surface area contributed by atoms with Gasteiger partial charge in [0.15, 0.2) is 0 Å². The van der Waals surface area contributed by atoms with Crippen molar-refractivity contribution in [3.8, 4) is 0 Å². The minimum atomic E-state index is 0.176. The molecule has 18 heavy (non-hydrogen) atoms. The smallest absolute Gasteiger partial charge is 0.223 e. The third kappa shape index (κ3) is 3.05. The zero-order valence-electron chi connectivity index (χ0n) is 9.92. The Morgan fingerprint density at radius 1 is 1.39 bits per heavy atom. The standard InChI is InChI=1S/C10H15N7S/c1-6(9-13-2-3-18-9)5-14-7-4-8(17-12)16-10(11)15-7/h2-4,6H,5,12H2,1H3,(H4,11,14,15,16,17). The summed E-state index contributed by atoms with van der Waals surface area (Å²) in [5, 5.41) is 6.24. The predicted molar refractivity (Wildman–Crippen MR) is 73.3 cm³/mol. The van der Waals surface area contributed by atoms with Gasteiger partial charge >= 0.3 is 0 Å². The second-order valence-corrected chi connectivity index (χ2v) is 4.72. The molecule has 0 amide bonds. The van der Waals surface area contributed by atoms with E-state index in [0.29, 0.717) is 24.1 Å². The Labute approximate surface area is 109 Å². The van der Waals surface area contributed by atoms with Crippen LogP contribution in [0.2, 0.25) is 0 Å². The summed E-state index contributed by atoms with van der Waals surface area (Å²) in [6.45, 7) is 2.81. The summed E-state index contributed by atoms with van der Waals surface area (Å²) >= 11 is 1.64. The number of nitrogens with zero attached hydrogens (tertiary/aromatic N) is 3. The van der Waals surface area contributed by atoms with Gasteiger partial charge in [-0.15, -0.1) is 11.3 Å². The Morgan fingerprint density at radius 3 is 2.83 bits per heavy atom. The lowest BCUT2D eigenvalue weighted by molar-refractivity contribution is 0.791. The van der Waals surface area contributed by atoms with Gasteiger partial charge in [-0.2, -0.15) is 9.97 Å². The summed E-state index contributed by atoms with van der Waals surface area (Å²) in [5.41, 5.74) is 8.01. The van der Waals surface area contributed by atoms with Crippen LogP contribution in [0.25, 0.3) is 0 Å². The van der Waals surface area contributed by atoms with Crippen LogP contribution in [0.1, 0.15) is 17.8 Å². The molecule has 0 saturated carbocycles. The highest BCUT2D eigenvalue weighted by Crippen LogP contribution is 2.19. The van der Waals surface area contributed by atoms with Gasteiger partial charge in [0.1, 0.15) is 11.6 Å². The van der Waals surface area contributed by atoms with E-state index in [-0.39, 0.29) is 5.95 Å². The van der Waals surface area contributed by atoms with E-state index in [1.165, 1.54) is 0 Å². The molecule has 2 aromatic rings. The molecular formula is C10H15N7S. The van der Waals surface area contributed by atoms with Gasteiger partial charge in [-0.05, 0) is 0 Å². The Balaban J connectivity index is 1.99. The van der Waals surface area contributed by atoms with Crippen molar-refractivity contribution in [2.24, 2.45) is 5.84 Å². The van der Waals surface area contributed by atoms with E-state index in [0.717, 1.165) is 5.01 Å². The van der Waals surface area contributed by atoms with Crippen LogP contribution in [0.15, 0.2) is 17.6 Å². The molecule has 0 aliphatic heterocycles. The zero-order chi connectivity index (χ0) is 13.0. The SMILES string of the molecule is CC(CNc1cc(NN)nc(N)n1)c1nccs1.